The van der Waals surface area contributed by atoms with Gasteiger partial charge in [-0.05, 0) is 32.4 Å². The number of carbonyl (C=O) groups is 2. The van der Waals surface area contributed by atoms with Gasteiger partial charge in [0.05, 0.1) is 0 Å². The minimum absolute atomic E-state index is 0.0945. The van der Waals surface area contributed by atoms with E-state index >= 15 is 0 Å². The van der Waals surface area contributed by atoms with E-state index in [1.54, 1.807) is 4.90 Å². The van der Waals surface area contributed by atoms with Crippen molar-refractivity contribution in [1.29, 1.82) is 0 Å². The summed E-state index contributed by atoms with van der Waals surface area (Å²) in [4.78, 5) is 26.5. The van der Waals surface area contributed by atoms with Crippen LogP contribution in [0.4, 0.5) is 9.59 Å². The van der Waals surface area contributed by atoms with E-state index < -0.39 is 17.3 Å². The quantitative estimate of drug-likeness (QED) is 0.717. The van der Waals surface area contributed by atoms with E-state index in [4.69, 9.17) is 14.2 Å². The zero-order valence-corrected chi connectivity index (χ0v) is 19.5. The molecule has 2 aromatic rings. The van der Waals surface area contributed by atoms with Gasteiger partial charge in [0.25, 0.3) is 0 Å². The Kier molecular flexibility index (Phi) is 6.49. The number of benzene rings is 2. The first kappa shape index (κ1) is 23.0. The lowest BCUT2D eigenvalue weighted by Gasteiger charge is -2.48. The molecule has 2 fully saturated rings. The fraction of sp³-hybridized carbons (Fsp3) is 0.462. The summed E-state index contributed by atoms with van der Waals surface area (Å²) in [7, 11) is 0. The Morgan fingerprint density at radius 3 is 2.45 bits per heavy atom. The van der Waals surface area contributed by atoms with Crippen molar-refractivity contribution in [2.75, 3.05) is 19.6 Å². The lowest BCUT2D eigenvalue weighted by Crippen LogP contribution is -2.58. The SMILES string of the molecule is CC(C)(C)OC(=O)N1CCC2(CC1)OC(=O)NCC2c1ccccc1OCc1ccccc1. The Hall–Kier alpha value is -3.22. The molecule has 0 bridgehead atoms. The van der Waals surface area contributed by atoms with Gasteiger partial charge in [-0.3, -0.25) is 0 Å². The first-order chi connectivity index (χ1) is 15.8. The van der Waals surface area contributed by atoms with Gasteiger partial charge in [0, 0.05) is 44.0 Å². The Morgan fingerprint density at radius 2 is 1.76 bits per heavy atom. The first-order valence-corrected chi connectivity index (χ1v) is 11.5. The summed E-state index contributed by atoms with van der Waals surface area (Å²) in [6.45, 7) is 7.40. The average molecular weight is 453 g/mol. The highest BCUT2D eigenvalue weighted by atomic mass is 16.6. The number of alkyl carbamates (subject to hydrolysis) is 1. The molecule has 7 heteroatoms. The predicted octanol–water partition coefficient (Wildman–Crippen LogP) is 4.86. The maximum Gasteiger partial charge on any atom is 0.410 e. The van der Waals surface area contributed by atoms with E-state index in [0.29, 0.717) is 39.1 Å². The van der Waals surface area contributed by atoms with Crippen LogP contribution in [0.1, 0.15) is 50.7 Å². The summed E-state index contributed by atoms with van der Waals surface area (Å²) in [5.41, 5.74) is 0.831. The van der Waals surface area contributed by atoms with Crippen molar-refractivity contribution < 1.29 is 23.8 Å². The first-order valence-electron chi connectivity index (χ1n) is 11.5. The molecule has 2 aliphatic rings. The van der Waals surface area contributed by atoms with Crippen molar-refractivity contribution >= 4 is 12.2 Å². The van der Waals surface area contributed by atoms with E-state index in [1.807, 2.05) is 75.4 Å². The third kappa shape index (κ3) is 5.41. The third-order valence-corrected chi connectivity index (χ3v) is 6.17. The number of nitrogens with zero attached hydrogens (tertiary/aromatic N) is 1. The molecule has 2 amide bonds. The molecule has 1 spiro atoms. The molecule has 2 aliphatic heterocycles. The van der Waals surface area contributed by atoms with Crippen molar-refractivity contribution in [1.82, 2.24) is 10.2 Å². The maximum atomic E-state index is 12.5. The van der Waals surface area contributed by atoms with Crippen molar-refractivity contribution in [2.45, 2.75) is 57.3 Å². The third-order valence-electron chi connectivity index (χ3n) is 6.17. The van der Waals surface area contributed by atoms with Gasteiger partial charge in [0.2, 0.25) is 0 Å². The number of piperidine rings is 1. The highest BCUT2D eigenvalue weighted by Crippen LogP contribution is 2.44. The number of carbonyl (C=O) groups excluding carboxylic acids is 2. The number of hydrogen-bond donors (Lipinski definition) is 1. The van der Waals surface area contributed by atoms with Crippen LogP contribution in [0, 0.1) is 0 Å². The highest BCUT2D eigenvalue weighted by molar-refractivity contribution is 5.70. The average Bonchev–Trinajstić information content (AvgIpc) is 2.78. The van der Waals surface area contributed by atoms with Crippen molar-refractivity contribution in [2.24, 2.45) is 0 Å². The summed E-state index contributed by atoms with van der Waals surface area (Å²) in [6, 6.07) is 17.9. The number of para-hydroxylation sites is 1. The molecule has 2 heterocycles. The summed E-state index contributed by atoms with van der Waals surface area (Å²) >= 11 is 0. The molecular weight excluding hydrogens is 420 g/mol. The van der Waals surface area contributed by atoms with E-state index in [0.717, 1.165) is 16.9 Å². The van der Waals surface area contributed by atoms with E-state index in [2.05, 4.69) is 5.32 Å². The summed E-state index contributed by atoms with van der Waals surface area (Å²) in [5.74, 6) is 0.683. The van der Waals surface area contributed by atoms with Crippen LogP contribution >= 0.6 is 0 Å². The van der Waals surface area contributed by atoms with Gasteiger partial charge in [-0.2, -0.15) is 0 Å². The zero-order valence-electron chi connectivity index (χ0n) is 19.5. The van der Waals surface area contributed by atoms with Gasteiger partial charge < -0.3 is 24.4 Å². The van der Waals surface area contributed by atoms with Gasteiger partial charge in [0.15, 0.2) is 0 Å². The summed E-state index contributed by atoms with van der Waals surface area (Å²) in [6.07, 6.45) is 0.328. The molecule has 7 nitrogen and oxygen atoms in total. The Balaban J connectivity index is 1.53. The zero-order chi connectivity index (χ0) is 23.5. The molecule has 1 unspecified atom stereocenters. The fourth-order valence-corrected chi connectivity index (χ4v) is 4.54. The van der Waals surface area contributed by atoms with Crippen LogP contribution in [0.2, 0.25) is 0 Å². The van der Waals surface area contributed by atoms with Crippen molar-refractivity contribution in [3.63, 3.8) is 0 Å². The van der Waals surface area contributed by atoms with Crippen LogP contribution in [0.25, 0.3) is 0 Å². The molecule has 1 N–H and O–H groups in total. The minimum Gasteiger partial charge on any atom is -0.489 e. The largest absolute Gasteiger partial charge is 0.489 e. The van der Waals surface area contributed by atoms with Crippen LogP contribution in [0.15, 0.2) is 54.6 Å². The number of rotatable bonds is 4. The Morgan fingerprint density at radius 1 is 1.09 bits per heavy atom. The topological polar surface area (TPSA) is 77.1 Å². The molecule has 33 heavy (non-hydrogen) atoms. The molecule has 2 aromatic carbocycles. The molecule has 0 aliphatic carbocycles. The second-order valence-corrected chi connectivity index (χ2v) is 9.67. The molecule has 1 atom stereocenters. The lowest BCUT2D eigenvalue weighted by atomic mass is 9.74. The lowest BCUT2D eigenvalue weighted by molar-refractivity contribution is -0.0710. The second kappa shape index (κ2) is 9.33. The number of nitrogens with one attached hydrogen (secondary N) is 1. The smallest absolute Gasteiger partial charge is 0.410 e. The summed E-state index contributed by atoms with van der Waals surface area (Å²) in [5, 5.41) is 2.85. The minimum atomic E-state index is -0.701. The van der Waals surface area contributed by atoms with Crippen LogP contribution in [0.3, 0.4) is 0 Å². The van der Waals surface area contributed by atoms with Crippen molar-refractivity contribution in [3.05, 3.63) is 65.7 Å². The highest BCUT2D eigenvalue weighted by Gasteiger charge is 2.50. The van der Waals surface area contributed by atoms with Gasteiger partial charge in [0.1, 0.15) is 23.6 Å². The molecule has 0 radical (unpaired) electrons. The molecule has 2 saturated heterocycles. The van der Waals surface area contributed by atoms with Crippen LogP contribution in [-0.2, 0) is 16.1 Å². The predicted molar refractivity (Wildman–Crippen MR) is 124 cm³/mol. The number of amides is 2. The second-order valence-electron chi connectivity index (χ2n) is 9.67. The van der Waals surface area contributed by atoms with Crippen LogP contribution in [-0.4, -0.2) is 47.9 Å². The number of likely N-dealkylation sites (tertiary alicyclic amines) is 1. The van der Waals surface area contributed by atoms with Crippen LogP contribution in [0.5, 0.6) is 5.75 Å². The maximum absolute atomic E-state index is 12.5. The van der Waals surface area contributed by atoms with E-state index in [1.165, 1.54) is 0 Å². The van der Waals surface area contributed by atoms with E-state index in [9.17, 15) is 9.59 Å². The number of hydrogen-bond acceptors (Lipinski definition) is 5. The molecule has 0 aromatic heterocycles. The van der Waals surface area contributed by atoms with Crippen molar-refractivity contribution in [3.8, 4) is 5.75 Å². The molecular formula is C26H32N2O5. The molecule has 4 rings (SSSR count). The fourth-order valence-electron chi connectivity index (χ4n) is 4.54. The van der Waals surface area contributed by atoms with Gasteiger partial charge in [-0.1, -0.05) is 48.5 Å². The van der Waals surface area contributed by atoms with Gasteiger partial charge in [-0.15, -0.1) is 0 Å². The van der Waals surface area contributed by atoms with Gasteiger partial charge >= 0.3 is 12.2 Å². The molecule has 0 saturated carbocycles. The Bertz CT molecular complexity index is 978. The number of ether oxygens (including phenoxy) is 3. The normalized spacial score (nSPS) is 20.0. The monoisotopic (exact) mass is 452 g/mol. The standard InChI is InChI=1S/C26H32N2O5/c1-25(2,3)33-24(30)28-15-13-26(14-16-28)21(17-27-23(29)32-26)20-11-7-8-12-22(20)31-18-19-9-5-4-6-10-19/h4-12,21H,13-18H2,1-3H3,(H,27,29). The molecule has 176 valence electrons. The van der Waals surface area contributed by atoms with Gasteiger partial charge in [-0.25, -0.2) is 9.59 Å². The van der Waals surface area contributed by atoms with E-state index in [-0.39, 0.29) is 12.0 Å². The summed E-state index contributed by atoms with van der Waals surface area (Å²) < 4.78 is 17.7. The van der Waals surface area contributed by atoms with Crippen LogP contribution < -0.4 is 10.1 Å². The Labute approximate surface area is 195 Å².